The van der Waals surface area contributed by atoms with E-state index in [1.165, 1.54) is 25.7 Å². The molecule has 3 atom stereocenters. The molecule has 0 saturated carbocycles. The SMILES string of the molecule is CCC1C2CNCC2CN1CC(=O)N1CCCCC1. The number of rotatable bonds is 3. The van der Waals surface area contributed by atoms with E-state index in [2.05, 4.69) is 22.0 Å². The summed E-state index contributed by atoms with van der Waals surface area (Å²) in [6.45, 7) is 8.31. The Kier molecular flexibility index (Phi) is 4.08. The number of fused-ring (bicyclic) bond motifs is 1. The number of carbonyl (C=O) groups is 1. The van der Waals surface area contributed by atoms with Crippen molar-refractivity contribution in [1.82, 2.24) is 15.1 Å². The molecule has 1 N–H and O–H groups in total. The van der Waals surface area contributed by atoms with E-state index in [0.29, 0.717) is 18.5 Å². The van der Waals surface area contributed by atoms with Crippen molar-refractivity contribution in [3.63, 3.8) is 0 Å². The highest BCUT2D eigenvalue weighted by atomic mass is 16.2. The first kappa shape index (κ1) is 13.4. The molecule has 3 aliphatic heterocycles. The maximum Gasteiger partial charge on any atom is 0.236 e. The van der Waals surface area contributed by atoms with Gasteiger partial charge in [0.05, 0.1) is 6.54 Å². The van der Waals surface area contributed by atoms with E-state index in [-0.39, 0.29) is 0 Å². The monoisotopic (exact) mass is 265 g/mol. The Morgan fingerprint density at radius 2 is 2.00 bits per heavy atom. The molecular formula is C15H27N3O. The first-order chi connectivity index (χ1) is 9.29. The molecule has 19 heavy (non-hydrogen) atoms. The minimum atomic E-state index is 0.367. The van der Waals surface area contributed by atoms with E-state index in [1.807, 2.05) is 0 Å². The Labute approximate surface area is 116 Å². The first-order valence-electron chi connectivity index (χ1n) is 8.02. The Morgan fingerprint density at radius 1 is 1.21 bits per heavy atom. The second kappa shape index (κ2) is 5.80. The minimum Gasteiger partial charge on any atom is -0.342 e. The van der Waals surface area contributed by atoms with Crippen molar-refractivity contribution in [2.75, 3.05) is 39.3 Å². The molecule has 3 heterocycles. The lowest BCUT2D eigenvalue weighted by atomic mass is 9.93. The number of hydrogen-bond acceptors (Lipinski definition) is 3. The van der Waals surface area contributed by atoms with Crippen LogP contribution in [-0.4, -0.2) is 61.0 Å². The van der Waals surface area contributed by atoms with Gasteiger partial charge in [-0.05, 0) is 50.6 Å². The first-order valence-corrected chi connectivity index (χ1v) is 8.02. The maximum absolute atomic E-state index is 12.4. The lowest BCUT2D eigenvalue weighted by molar-refractivity contribution is -0.133. The van der Waals surface area contributed by atoms with Crippen LogP contribution in [0.2, 0.25) is 0 Å². The van der Waals surface area contributed by atoms with Crippen LogP contribution in [0.4, 0.5) is 0 Å². The molecule has 4 nitrogen and oxygen atoms in total. The molecule has 108 valence electrons. The van der Waals surface area contributed by atoms with Gasteiger partial charge < -0.3 is 10.2 Å². The van der Waals surface area contributed by atoms with Crippen molar-refractivity contribution in [3.8, 4) is 0 Å². The number of piperidine rings is 1. The quantitative estimate of drug-likeness (QED) is 0.824. The Bertz CT molecular complexity index is 327. The van der Waals surface area contributed by atoms with Gasteiger partial charge in [-0.2, -0.15) is 0 Å². The number of carbonyl (C=O) groups excluding carboxylic acids is 1. The van der Waals surface area contributed by atoms with Gasteiger partial charge >= 0.3 is 0 Å². The number of amides is 1. The minimum absolute atomic E-state index is 0.367. The molecule has 0 aromatic heterocycles. The van der Waals surface area contributed by atoms with Gasteiger partial charge in [-0.15, -0.1) is 0 Å². The van der Waals surface area contributed by atoms with E-state index in [0.717, 1.165) is 44.6 Å². The Hall–Kier alpha value is -0.610. The third kappa shape index (κ3) is 2.65. The second-order valence-corrected chi connectivity index (χ2v) is 6.43. The molecule has 3 aliphatic rings. The molecule has 0 aliphatic carbocycles. The molecule has 0 aromatic rings. The lowest BCUT2D eigenvalue weighted by Crippen LogP contribution is -2.45. The normalized spacial score (nSPS) is 35.6. The zero-order valence-corrected chi connectivity index (χ0v) is 12.1. The Morgan fingerprint density at radius 3 is 2.74 bits per heavy atom. The van der Waals surface area contributed by atoms with Crippen LogP contribution >= 0.6 is 0 Å². The van der Waals surface area contributed by atoms with Crippen LogP contribution in [0, 0.1) is 11.8 Å². The molecule has 1 amide bonds. The van der Waals surface area contributed by atoms with Gasteiger partial charge in [0, 0.05) is 25.7 Å². The highest BCUT2D eigenvalue weighted by molar-refractivity contribution is 5.78. The van der Waals surface area contributed by atoms with E-state index in [1.54, 1.807) is 0 Å². The van der Waals surface area contributed by atoms with Crippen LogP contribution < -0.4 is 5.32 Å². The number of nitrogens with one attached hydrogen (secondary N) is 1. The summed E-state index contributed by atoms with van der Waals surface area (Å²) in [7, 11) is 0. The molecule has 3 fully saturated rings. The summed E-state index contributed by atoms with van der Waals surface area (Å²) in [6, 6.07) is 0.619. The zero-order valence-electron chi connectivity index (χ0n) is 12.1. The summed E-state index contributed by atoms with van der Waals surface area (Å²) in [5.74, 6) is 1.92. The fourth-order valence-corrected chi connectivity index (χ4v) is 4.27. The van der Waals surface area contributed by atoms with E-state index in [4.69, 9.17) is 0 Å². The summed E-state index contributed by atoms with van der Waals surface area (Å²) in [6.07, 6.45) is 4.85. The van der Waals surface area contributed by atoms with Crippen LogP contribution in [-0.2, 0) is 4.79 Å². The average Bonchev–Trinajstić information content (AvgIpc) is 3.00. The molecule has 3 rings (SSSR count). The van der Waals surface area contributed by atoms with Crippen LogP contribution in [0.1, 0.15) is 32.6 Å². The third-order valence-corrected chi connectivity index (χ3v) is 5.29. The van der Waals surface area contributed by atoms with Crippen molar-refractivity contribution in [2.24, 2.45) is 11.8 Å². The third-order valence-electron chi connectivity index (χ3n) is 5.29. The summed E-state index contributed by atoms with van der Waals surface area (Å²) < 4.78 is 0. The summed E-state index contributed by atoms with van der Waals surface area (Å²) in [4.78, 5) is 17.0. The Balaban J connectivity index is 1.58. The summed E-state index contributed by atoms with van der Waals surface area (Å²) in [5, 5.41) is 3.50. The van der Waals surface area contributed by atoms with Gasteiger partial charge in [0.2, 0.25) is 5.91 Å². The van der Waals surface area contributed by atoms with Crippen molar-refractivity contribution < 1.29 is 4.79 Å². The van der Waals surface area contributed by atoms with Gasteiger partial charge in [0.1, 0.15) is 0 Å². The smallest absolute Gasteiger partial charge is 0.236 e. The molecule has 3 unspecified atom stereocenters. The highest BCUT2D eigenvalue weighted by Crippen LogP contribution is 2.34. The fraction of sp³-hybridized carbons (Fsp3) is 0.933. The number of nitrogens with zero attached hydrogens (tertiary/aromatic N) is 2. The largest absolute Gasteiger partial charge is 0.342 e. The topological polar surface area (TPSA) is 35.6 Å². The average molecular weight is 265 g/mol. The number of hydrogen-bond donors (Lipinski definition) is 1. The number of likely N-dealkylation sites (tertiary alicyclic amines) is 2. The van der Waals surface area contributed by atoms with Crippen molar-refractivity contribution in [3.05, 3.63) is 0 Å². The molecule has 0 aromatic carbocycles. The van der Waals surface area contributed by atoms with Gasteiger partial charge in [0.25, 0.3) is 0 Å². The van der Waals surface area contributed by atoms with Crippen molar-refractivity contribution >= 4 is 5.91 Å². The maximum atomic E-state index is 12.4. The predicted octanol–water partition coefficient (Wildman–Crippen LogP) is 0.929. The molecule has 0 bridgehead atoms. The van der Waals surface area contributed by atoms with Gasteiger partial charge in [-0.3, -0.25) is 9.69 Å². The lowest BCUT2D eigenvalue weighted by Gasteiger charge is -2.31. The highest BCUT2D eigenvalue weighted by Gasteiger charge is 2.43. The molecule has 0 spiro atoms. The predicted molar refractivity (Wildman–Crippen MR) is 75.9 cm³/mol. The van der Waals surface area contributed by atoms with E-state index < -0.39 is 0 Å². The van der Waals surface area contributed by atoms with Crippen molar-refractivity contribution in [2.45, 2.75) is 38.6 Å². The van der Waals surface area contributed by atoms with Crippen LogP contribution in [0.15, 0.2) is 0 Å². The summed E-state index contributed by atoms with van der Waals surface area (Å²) >= 11 is 0. The molecule has 3 saturated heterocycles. The van der Waals surface area contributed by atoms with Crippen LogP contribution in [0.3, 0.4) is 0 Å². The van der Waals surface area contributed by atoms with Gasteiger partial charge in [-0.1, -0.05) is 6.92 Å². The van der Waals surface area contributed by atoms with E-state index in [9.17, 15) is 4.79 Å². The molecule has 4 heteroatoms. The fourth-order valence-electron chi connectivity index (χ4n) is 4.27. The second-order valence-electron chi connectivity index (χ2n) is 6.43. The van der Waals surface area contributed by atoms with Crippen LogP contribution in [0.5, 0.6) is 0 Å². The molecular weight excluding hydrogens is 238 g/mol. The zero-order chi connectivity index (χ0) is 13.2. The van der Waals surface area contributed by atoms with Crippen LogP contribution in [0.25, 0.3) is 0 Å². The standard InChI is InChI=1S/C15H27N3O/c1-2-14-13-9-16-8-12(13)10-18(14)11-15(19)17-6-4-3-5-7-17/h12-14,16H,2-11H2,1H3. The van der Waals surface area contributed by atoms with Gasteiger partial charge in [0.15, 0.2) is 0 Å². The van der Waals surface area contributed by atoms with E-state index >= 15 is 0 Å². The van der Waals surface area contributed by atoms with Crippen molar-refractivity contribution in [1.29, 1.82) is 0 Å². The summed E-state index contributed by atoms with van der Waals surface area (Å²) in [5.41, 5.74) is 0. The molecule has 0 radical (unpaired) electrons. The van der Waals surface area contributed by atoms with Gasteiger partial charge in [-0.25, -0.2) is 0 Å².